The molecule has 1 spiro atoms. The average molecular weight is 396 g/mol. The number of nitrogens with zero attached hydrogens (tertiary/aromatic N) is 2. The van der Waals surface area contributed by atoms with Gasteiger partial charge in [0.2, 0.25) is 11.5 Å². The minimum atomic E-state index is -1.32. The minimum absolute atomic E-state index is 0.0713. The number of ether oxygens (including phenoxy) is 3. The van der Waals surface area contributed by atoms with Gasteiger partial charge in [-0.3, -0.25) is 9.59 Å². The first-order valence-corrected chi connectivity index (χ1v) is 9.00. The molecule has 2 aliphatic rings. The second-order valence-electron chi connectivity index (χ2n) is 6.78. The Balaban J connectivity index is 1.58. The van der Waals surface area contributed by atoms with Crippen LogP contribution in [-0.4, -0.2) is 44.5 Å². The molecule has 0 aliphatic carbocycles. The van der Waals surface area contributed by atoms with Gasteiger partial charge in [0, 0.05) is 12.0 Å². The van der Waals surface area contributed by atoms with E-state index in [1.807, 2.05) is 6.07 Å². The zero-order chi connectivity index (χ0) is 20.6. The molecule has 150 valence electrons. The molecule has 2 aliphatic heterocycles. The van der Waals surface area contributed by atoms with Crippen molar-refractivity contribution in [1.82, 2.24) is 0 Å². The monoisotopic (exact) mass is 396 g/mol. The molecule has 4 rings (SSSR count). The molecule has 1 saturated heterocycles. The number of benzene rings is 2. The summed E-state index contributed by atoms with van der Waals surface area (Å²) in [6, 6.07) is 12.1. The number of imide groups is 1. The van der Waals surface area contributed by atoms with Crippen LogP contribution in [0, 0.1) is 0 Å². The Morgan fingerprint density at radius 3 is 2.31 bits per heavy atom. The molecule has 2 amide bonds. The van der Waals surface area contributed by atoms with E-state index in [4.69, 9.17) is 19.0 Å². The first-order chi connectivity index (χ1) is 14.0. The van der Waals surface area contributed by atoms with Crippen LogP contribution < -0.4 is 19.1 Å². The number of amides is 2. The standard InChI is InChI=1S/C21H20N2O6/c1-26-15-7-5-14(6-8-15)23-19(24)12-21(20(23)25)11-16(22-29-21)13-4-9-17(27-2)18(10-13)28-3/h4-10H,11-12H2,1-3H3/t21-/m1/s1. The highest BCUT2D eigenvalue weighted by Crippen LogP contribution is 2.40. The van der Waals surface area contributed by atoms with Gasteiger partial charge >= 0.3 is 0 Å². The topological polar surface area (TPSA) is 86.7 Å². The molecule has 2 heterocycles. The van der Waals surface area contributed by atoms with Gasteiger partial charge in [-0.05, 0) is 42.5 Å². The summed E-state index contributed by atoms with van der Waals surface area (Å²) in [6.07, 6.45) is 0.123. The highest BCUT2D eigenvalue weighted by atomic mass is 16.7. The summed E-state index contributed by atoms with van der Waals surface area (Å²) in [5.74, 6) is 1.01. The predicted octanol–water partition coefficient (Wildman–Crippen LogP) is 2.54. The highest BCUT2D eigenvalue weighted by molar-refractivity contribution is 6.25. The van der Waals surface area contributed by atoms with Crippen molar-refractivity contribution in [3.8, 4) is 17.2 Å². The molecule has 0 unspecified atom stereocenters. The average Bonchev–Trinajstić information content (AvgIpc) is 3.28. The summed E-state index contributed by atoms with van der Waals surface area (Å²) in [5, 5.41) is 4.11. The SMILES string of the molecule is COc1ccc(N2C(=O)C[C@]3(CC(c4ccc(OC)c(OC)c4)=NO3)C2=O)cc1. The van der Waals surface area contributed by atoms with Crippen LogP contribution in [-0.2, 0) is 14.4 Å². The third kappa shape index (κ3) is 3.06. The molecule has 8 heteroatoms. The first kappa shape index (κ1) is 18.8. The van der Waals surface area contributed by atoms with E-state index in [0.717, 1.165) is 10.5 Å². The molecular weight excluding hydrogens is 376 g/mol. The van der Waals surface area contributed by atoms with E-state index in [-0.39, 0.29) is 18.7 Å². The summed E-state index contributed by atoms with van der Waals surface area (Å²) in [4.78, 5) is 32.5. The number of oxime groups is 1. The van der Waals surface area contributed by atoms with E-state index < -0.39 is 11.5 Å². The Kier molecular flexibility index (Phi) is 4.62. The Hall–Kier alpha value is -3.55. The number of anilines is 1. The zero-order valence-electron chi connectivity index (χ0n) is 16.3. The number of hydrogen-bond donors (Lipinski definition) is 0. The smallest absolute Gasteiger partial charge is 0.281 e. The van der Waals surface area contributed by atoms with Crippen molar-refractivity contribution >= 4 is 23.2 Å². The normalized spacial score (nSPS) is 20.7. The number of hydrogen-bond acceptors (Lipinski definition) is 7. The summed E-state index contributed by atoms with van der Waals surface area (Å²) < 4.78 is 15.7. The van der Waals surface area contributed by atoms with E-state index in [1.165, 1.54) is 0 Å². The molecule has 0 radical (unpaired) electrons. The Bertz CT molecular complexity index is 1000. The van der Waals surface area contributed by atoms with Crippen LogP contribution in [0.3, 0.4) is 0 Å². The molecule has 0 N–H and O–H groups in total. The first-order valence-electron chi connectivity index (χ1n) is 9.00. The fraction of sp³-hybridized carbons (Fsp3) is 0.286. The van der Waals surface area contributed by atoms with Crippen LogP contribution in [0.2, 0.25) is 0 Å². The number of carbonyl (C=O) groups excluding carboxylic acids is 2. The molecular formula is C21H20N2O6. The molecule has 1 fully saturated rings. The Morgan fingerprint density at radius 1 is 0.931 bits per heavy atom. The van der Waals surface area contributed by atoms with E-state index in [9.17, 15) is 9.59 Å². The van der Waals surface area contributed by atoms with Gasteiger partial charge in [0.05, 0.1) is 39.1 Å². The van der Waals surface area contributed by atoms with Crippen LogP contribution in [0.15, 0.2) is 47.6 Å². The van der Waals surface area contributed by atoms with Crippen LogP contribution in [0.5, 0.6) is 17.2 Å². The maximum Gasteiger partial charge on any atom is 0.281 e. The lowest BCUT2D eigenvalue weighted by Crippen LogP contribution is -2.40. The van der Waals surface area contributed by atoms with Crippen molar-refractivity contribution in [3.05, 3.63) is 48.0 Å². The van der Waals surface area contributed by atoms with Gasteiger partial charge in [-0.25, -0.2) is 4.90 Å². The summed E-state index contributed by atoms with van der Waals surface area (Å²) in [6.45, 7) is 0. The second kappa shape index (κ2) is 7.12. The van der Waals surface area contributed by atoms with Crippen LogP contribution in [0.25, 0.3) is 0 Å². The van der Waals surface area contributed by atoms with Gasteiger partial charge in [0.1, 0.15) is 5.75 Å². The van der Waals surface area contributed by atoms with Crippen molar-refractivity contribution < 1.29 is 28.6 Å². The molecule has 2 aromatic carbocycles. The molecule has 0 bridgehead atoms. The van der Waals surface area contributed by atoms with Crippen molar-refractivity contribution in [2.75, 3.05) is 26.2 Å². The van der Waals surface area contributed by atoms with E-state index >= 15 is 0 Å². The van der Waals surface area contributed by atoms with Crippen molar-refractivity contribution in [3.63, 3.8) is 0 Å². The van der Waals surface area contributed by atoms with Gasteiger partial charge in [-0.15, -0.1) is 0 Å². The second-order valence-corrected chi connectivity index (χ2v) is 6.78. The Labute approximate surface area is 167 Å². The van der Waals surface area contributed by atoms with E-state index in [1.54, 1.807) is 57.7 Å². The predicted molar refractivity (Wildman–Crippen MR) is 105 cm³/mol. The van der Waals surface area contributed by atoms with Crippen molar-refractivity contribution in [2.24, 2.45) is 5.16 Å². The van der Waals surface area contributed by atoms with Gasteiger partial charge in [-0.1, -0.05) is 5.16 Å². The molecule has 8 nitrogen and oxygen atoms in total. The lowest BCUT2D eigenvalue weighted by atomic mass is 9.92. The molecule has 0 saturated carbocycles. The van der Waals surface area contributed by atoms with Crippen LogP contribution in [0.4, 0.5) is 5.69 Å². The third-order valence-corrected chi connectivity index (χ3v) is 5.11. The van der Waals surface area contributed by atoms with E-state index in [2.05, 4.69) is 5.16 Å². The third-order valence-electron chi connectivity index (χ3n) is 5.11. The zero-order valence-corrected chi connectivity index (χ0v) is 16.3. The van der Waals surface area contributed by atoms with Gasteiger partial charge in [0.25, 0.3) is 5.91 Å². The van der Waals surface area contributed by atoms with Gasteiger partial charge in [-0.2, -0.15) is 0 Å². The fourth-order valence-electron chi connectivity index (χ4n) is 3.57. The maximum atomic E-state index is 13.1. The fourth-order valence-corrected chi connectivity index (χ4v) is 3.57. The molecule has 2 aromatic rings. The summed E-state index contributed by atoms with van der Waals surface area (Å²) in [7, 11) is 4.65. The van der Waals surface area contributed by atoms with E-state index in [0.29, 0.717) is 28.6 Å². The largest absolute Gasteiger partial charge is 0.497 e. The van der Waals surface area contributed by atoms with Crippen molar-refractivity contribution in [2.45, 2.75) is 18.4 Å². The highest BCUT2D eigenvalue weighted by Gasteiger charge is 2.58. The number of carbonyl (C=O) groups is 2. The quantitative estimate of drug-likeness (QED) is 0.722. The lowest BCUT2D eigenvalue weighted by molar-refractivity contribution is -0.136. The minimum Gasteiger partial charge on any atom is -0.497 e. The summed E-state index contributed by atoms with van der Waals surface area (Å²) in [5.41, 5.74) is 0.465. The van der Waals surface area contributed by atoms with Gasteiger partial charge < -0.3 is 19.0 Å². The van der Waals surface area contributed by atoms with Gasteiger partial charge in [0.15, 0.2) is 11.5 Å². The van der Waals surface area contributed by atoms with Crippen molar-refractivity contribution in [1.29, 1.82) is 0 Å². The molecule has 29 heavy (non-hydrogen) atoms. The molecule has 1 atom stereocenters. The number of methoxy groups -OCH3 is 3. The van der Waals surface area contributed by atoms with Crippen LogP contribution >= 0.6 is 0 Å². The number of rotatable bonds is 5. The maximum absolute atomic E-state index is 13.1. The Morgan fingerprint density at radius 2 is 1.66 bits per heavy atom. The lowest BCUT2D eigenvalue weighted by Gasteiger charge is -2.19. The summed E-state index contributed by atoms with van der Waals surface area (Å²) >= 11 is 0. The molecule has 0 aromatic heterocycles. The van der Waals surface area contributed by atoms with Crippen LogP contribution in [0.1, 0.15) is 18.4 Å².